The lowest BCUT2D eigenvalue weighted by atomic mass is 10.2. The first-order chi connectivity index (χ1) is 17.0. The lowest BCUT2D eigenvalue weighted by molar-refractivity contribution is -0.126. The fourth-order valence-corrected chi connectivity index (χ4v) is 3.17. The van der Waals surface area contributed by atoms with Gasteiger partial charge in [-0.1, -0.05) is 35.9 Å². The quantitative estimate of drug-likeness (QED) is 0.226. The van der Waals surface area contributed by atoms with Crippen molar-refractivity contribution in [2.45, 2.75) is 20.0 Å². The Morgan fingerprint density at radius 3 is 2.46 bits per heavy atom. The summed E-state index contributed by atoms with van der Waals surface area (Å²) in [5, 5.41) is 7.23. The number of amides is 2. The Hall–Kier alpha value is -4.04. The Morgan fingerprint density at radius 2 is 1.71 bits per heavy atom. The molecule has 9 heteroatoms. The van der Waals surface area contributed by atoms with Crippen LogP contribution in [0, 0.1) is 0 Å². The largest absolute Gasteiger partial charge is 0.495 e. The number of methoxy groups -OCH3 is 1. The lowest BCUT2D eigenvalue weighted by Gasteiger charge is -2.12. The zero-order chi connectivity index (χ0) is 25.0. The Bertz CT molecular complexity index is 1180. The van der Waals surface area contributed by atoms with Crippen LogP contribution in [0.2, 0.25) is 5.02 Å². The first kappa shape index (κ1) is 25.6. The van der Waals surface area contributed by atoms with Crippen molar-refractivity contribution >= 4 is 35.3 Å². The van der Waals surface area contributed by atoms with E-state index in [-0.39, 0.29) is 0 Å². The molecule has 3 aromatic carbocycles. The molecule has 0 unspecified atom stereocenters. The highest BCUT2D eigenvalue weighted by Crippen LogP contribution is 2.29. The Kier molecular flexibility index (Phi) is 9.50. The molecule has 3 aromatic rings. The number of carbonyl (C=O) groups is 2. The molecule has 8 nitrogen and oxygen atoms in total. The third-order valence-electron chi connectivity index (χ3n) is 4.68. The third-order valence-corrected chi connectivity index (χ3v) is 4.93. The zero-order valence-corrected chi connectivity index (χ0v) is 20.2. The second-order valence-corrected chi connectivity index (χ2v) is 7.71. The molecule has 0 aliphatic heterocycles. The lowest BCUT2D eigenvalue weighted by Crippen LogP contribution is -2.24. The summed E-state index contributed by atoms with van der Waals surface area (Å²) in [4.78, 5) is 24.2. The van der Waals surface area contributed by atoms with E-state index in [1.165, 1.54) is 13.3 Å². The maximum Gasteiger partial charge on any atom is 0.249 e. The van der Waals surface area contributed by atoms with Crippen LogP contribution in [0.15, 0.2) is 71.8 Å². The molecule has 0 aliphatic carbocycles. The van der Waals surface area contributed by atoms with Crippen LogP contribution in [-0.4, -0.2) is 31.7 Å². The summed E-state index contributed by atoms with van der Waals surface area (Å²) in [6.07, 6.45) is 1.07. The topological polar surface area (TPSA) is 98.2 Å². The number of para-hydroxylation sites is 2. The summed E-state index contributed by atoms with van der Waals surface area (Å²) in [5.74, 6) is 0.596. The fraction of sp³-hybridized carbons (Fsp3) is 0.192. The van der Waals surface area contributed by atoms with Crippen molar-refractivity contribution in [3.63, 3.8) is 0 Å². The summed E-state index contributed by atoms with van der Waals surface area (Å²) >= 11 is 5.92. The van der Waals surface area contributed by atoms with Gasteiger partial charge in [-0.3, -0.25) is 9.59 Å². The smallest absolute Gasteiger partial charge is 0.249 e. The third kappa shape index (κ3) is 8.04. The molecule has 182 valence electrons. The van der Waals surface area contributed by atoms with Gasteiger partial charge in [-0.05, 0) is 60.5 Å². The van der Waals surface area contributed by atoms with Crippen LogP contribution in [-0.2, 0) is 16.2 Å². The number of nitrogens with one attached hydrogen (secondary N) is 2. The van der Waals surface area contributed by atoms with E-state index in [9.17, 15) is 9.59 Å². The van der Waals surface area contributed by atoms with Crippen molar-refractivity contribution in [1.29, 1.82) is 0 Å². The maximum absolute atomic E-state index is 12.1. The number of hydrogen-bond acceptors (Lipinski definition) is 6. The molecule has 0 atom stereocenters. The molecule has 0 spiro atoms. The number of ether oxygens (including phenoxy) is 3. The molecule has 0 saturated carbocycles. The molecule has 0 radical (unpaired) electrons. The van der Waals surface area contributed by atoms with Crippen molar-refractivity contribution in [3.8, 4) is 17.2 Å². The van der Waals surface area contributed by atoms with E-state index >= 15 is 0 Å². The summed E-state index contributed by atoms with van der Waals surface area (Å²) in [5.41, 5.74) is 4.49. The Balaban J connectivity index is 1.54. The van der Waals surface area contributed by atoms with Gasteiger partial charge in [0.2, 0.25) is 11.8 Å². The predicted octanol–water partition coefficient (Wildman–Crippen LogP) is 4.81. The molecule has 3 rings (SSSR count). The maximum atomic E-state index is 12.1. The number of rotatable bonds is 11. The summed E-state index contributed by atoms with van der Waals surface area (Å²) in [6, 6.07) is 19.6. The molecule has 0 saturated heterocycles. The van der Waals surface area contributed by atoms with Crippen LogP contribution in [0.5, 0.6) is 17.2 Å². The van der Waals surface area contributed by atoms with E-state index in [2.05, 4.69) is 15.8 Å². The minimum atomic E-state index is -0.554. The molecule has 0 aromatic heterocycles. The van der Waals surface area contributed by atoms with Crippen molar-refractivity contribution in [3.05, 3.63) is 82.9 Å². The number of carbonyl (C=O) groups excluding carboxylic acids is 2. The summed E-state index contributed by atoms with van der Waals surface area (Å²) in [7, 11) is 1.50. The van der Waals surface area contributed by atoms with Crippen LogP contribution >= 0.6 is 11.6 Å². The van der Waals surface area contributed by atoms with Crippen LogP contribution in [0.25, 0.3) is 0 Å². The number of nitrogens with zero attached hydrogens (tertiary/aromatic N) is 1. The zero-order valence-electron chi connectivity index (χ0n) is 19.4. The number of hydrazone groups is 1. The normalized spacial score (nSPS) is 10.6. The van der Waals surface area contributed by atoms with Crippen molar-refractivity contribution < 1.29 is 23.8 Å². The number of anilines is 1. The minimum Gasteiger partial charge on any atom is -0.495 e. The molecule has 2 N–H and O–H groups in total. The van der Waals surface area contributed by atoms with Gasteiger partial charge in [-0.15, -0.1) is 0 Å². The first-order valence-corrected chi connectivity index (χ1v) is 11.2. The molecule has 2 amide bonds. The van der Waals surface area contributed by atoms with Crippen molar-refractivity contribution in [1.82, 2.24) is 5.43 Å². The number of benzene rings is 3. The van der Waals surface area contributed by atoms with E-state index in [1.54, 1.807) is 54.6 Å². The van der Waals surface area contributed by atoms with Gasteiger partial charge in [0.05, 0.1) is 25.6 Å². The van der Waals surface area contributed by atoms with E-state index < -0.39 is 18.2 Å². The van der Waals surface area contributed by atoms with E-state index in [0.717, 1.165) is 5.56 Å². The van der Waals surface area contributed by atoms with E-state index in [4.69, 9.17) is 25.8 Å². The van der Waals surface area contributed by atoms with Crippen molar-refractivity contribution in [2.24, 2.45) is 5.10 Å². The molecule has 0 heterocycles. The molecule has 35 heavy (non-hydrogen) atoms. The van der Waals surface area contributed by atoms with Crippen molar-refractivity contribution in [2.75, 3.05) is 19.0 Å². The molecule has 0 aliphatic rings. The van der Waals surface area contributed by atoms with Crippen LogP contribution in [0.1, 0.15) is 24.5 Å². The molecular formula is C26H26ClN3O5. The van der Waals surface area contributed by atoms with Gasteiger partial charge in [0.15, 0.2) is 11.5 Å². The van der Waals surface area contributed by atoms with Gasteiger partial charge in [0.1, 0.15) is 18.8 Å². The fourth-order valence-electron chi connectivity index (χ4n) is 3.04. The van der Waals surface area contributed by atoms with Crippen LogP contribution < -0.4 is 25.0 Å². The SMILES string of the molecule is CCOc1cc(C=NNC(=O)CC(=O)Nc2ccccc2OC)ccc1OCc1ccc(Cl)cc1. The second kappa shape index (κ2) is 13.0. The van der Waals surface area contributed by atoms with Gasteiger partial charge in [-0.2, -0.15) is 5.10 Å². The Morgan fingerprint density at radius 1 is 0.943 bits per heavy atom. The molecular weight excluding hydrogens is 470 g/mol. The Labute approximate surface area is 208 Å². The first-order valence-electron chi connectivity index (χ1n) is 10.9. The molecule has 0 bridgehead atoms. The van der Waals surface area contributed by atoms with Gasteiger partial charge >= 0.3 is 0 Å². The summed E-state index contributed by atoms with van der Waals surface area (Å²) < 4.78 is 16.7. The highest BCUT2D eigenvalue weighted by Gasteiger charge is 2.11. The number of hydrogen-bond donors (Lipinski definition) is 2. The number of halogens is 1. The monoisotopic (exact) mass is 495 g/mol. The van der Waals surface area contributed by atoms with E-state index in [1.807, 2.05) is 19.1 Å². The average Bonchev–Trinajstić information content (AvgIpc) is 2.85. The molecule has 0 fully saturated rings. The average molecular weight is 496 g/mol. The predicted molar refractivity (Wildman–Crippen MR) is 135 cm³/mol. The highest BCUT2D eigenvalue weighted by atomic mass is 35.5. The van der Waals surface area contributed by atoms with Crippen LogP contribution in [0.3, 0.4) is 0 Å². The standard InChI is InChI=1S/C26H26ClN3O5/c1-3-34-24-14-19(10-13-23(24)35-17-18-8-11-20(27)12-9-18)16-28-30-26(32)15-25(31)29-21-6-4-5-7-22(21)33-2/h4-14,16H,3,15,17H2,1-2H3,(H,29,31)(H,30,32). The van der Waals surface area contributed by atoms with Crippen LogP contribution in [0.4, 0.5) is 5.69 Å². The van der Waals surface area contributed by atoms with E-state index in [0.29, 0.717) is 46.7 Å². The van der Waals surface area contributed by atoms with Gasteiger partial charge in [0, 0.05) is 5.02 Å². The van der Waals surface area contributed by atoms with Gasteiger partial charge in [-0.25, -0.2) is 5.43 Å². The highest BCUT2D eigenvalue weighted by molar-refractivity contribution is 6.30. The van der Waals surface area contributed by atoms with Gasteiger partial charge < -0.3 is 19.5 Å². The van der Waals surface area contributed by atoms with Gasteiger partial charge in [0.25, 0.3) is 0 Å². The minimum absolute atomic E-state index is 0.359. The second-order valence-electron chi connectivity index (χ2n) is 7.27. The summed E-state index contributed by atoms with van der Waals surface area (Å²) in [6.45, 7) is 2.69.